The van der Waals surface area contributed by atoms with Crippen molar-refractivity contribution in [3.63, 3.8) is 0 Å². The van der Waals surface area contributed by atoms with Gasteiger partial charge in [-0.05, 0) is 51.0 Å². The van der Waals surface area contributed by atoms with Crippen LogP contribution in [-0.2, 0) is 4.79 Å². The number of aryl methyl sites for hydroxylation is 2. The van der Waals surface area contributed by atoms with Gasteiger partial charge in [-0.1, -0.05) is 11.6 Å². The molecule has 1 saturated heterocycles. The molecule has 0 radical (unpaired) electrons. The van der Waals surface area contributed by atoms with Gasteiger partial charge in [-0.3, -0.25) is 4.79 Å². The van der Waals surface area contributed by atoms with Gasteiger partial charge in [-0.15, -0.1) is 0 Å². The minimum Gasteiger partial charge on any atom is -0.356 e. The van der Waals surface area contributed by atoms with Crippen LogP contribution in [0.25, 0.3) is 5.82 Å². The summed E-state index contributed by atoms with van der Waals surface area (Å²) in [4.78, 5) is 23.8. The fourth-order valence-corrected chi connectivity index (χ4v) is 4.01. The zero-order valence-corrected chi connectivity index (χ0v) is 18.1. The van der Waals surface area contributed by atoms with Gasteiger partial charge in [0.1, 0.15) is 18.2 Å². The zero-order chi connectivity index (χ0) is 22.0. The predicted molar refractivity (Wildman–Crippen MR) is 118 cm³/mol. The van der Waals surface area contributed by atoms with Crippen molar-refractivity contribution >= 4 is 29.0 Å². The molecule has 2 aromatic heterocycles. The van der Waals surface area contributed by atoms with Crippen LogP contribution < -0.4 is 10.2 Å². The standard InChI is InChI=1S/C22H22ClN7O/c1-14-8-15(2)30(28-14)21-10-20(25-13-26-21)29-7-3-4-17(12-29)22(31)27-19-9-18(23)6-5-16(19)11-24/h5-6,8-10,13,17H,3-4,7,12H2,1-2H3,(H,27,31). The molecule has 9 heteroatoms. The fourth-order valence-electron chi connectivity index (χ4n) is 3.84. The molecule has 1 aliphatic heterocycles. The molecule has 31 heavy (non-hydrogen) atoms. The number of hydrogen-bond acceptors (Lipinski definition) is 6. The number of carbonyl (C=O) groups is 1. The summed E-state index contributed by atoms with van der Waals surface area (Å²) < 4.78 is 1.79. The number of carbonyl (C=O) groups excluding carboxylic acids is 1. The molecule has 0 bridgehead atoms. The van der Waals surface area contributed by atoms with Gasteiger partial charge in [0.25, 0.3) is 0 Å². The number of amides is 1. The van der Waals surface area contributed by atoms with Gasteiger partial charge in [-0.25, -0.2) is 14.6 Å². The lowest BCUT2D eigenvalue weighted by molar-refractivity contribution is -0.120. The maximum absolute atomic E-state index is 12.9. The van der Waals surface area contributed by atoms with Crippen LogP contribution in [0.15, 0.2) is 36.7 Å². The van der Waals surface area contributed by atoms with E-state index in [0.717, 1.165) is 36.6 Å². The van der Waals surface area contributed by atoms with Gasteiger partial charge in [0, 0.05) is 29.9 Å². The molecule has 0 aliphatic carbocycles. The van der Waals surface area contributed by atoms with E-state index in [-0.39, 0.29) is 11.8 Å². The molecule has 3 aromatic rings. The zero-order valence-electron chi connectivity index (χ0n) is 17.3. The van der Waals surface area contributed by atoms with Crippen molar-refractivity contribution in [2.24, 2.45) is 5.92 Å². The first-order valence-corrected chi connectivity index (χ1v) is 10.4. The first-order valence-electron chi connectivity index (χ1n) is 10.1. The van der Waals surface area contributed by atoms with E-state index in [1.165, 1.54) is 6.33 Å². The van der Waals surface area contributed by atoms with E-state index in [2.05, 4.69) is 31.4 Å². The summed E-state index contributed by atoms with van der Waals surface area (Å²) in [6, 6.07) is 10.8. The molecule has 1 unspecified atom stereocenters. The van der Waals surface area contributed by atoms with Crippen molar-refractivity contribution in [3.8, 4) is 11.9 Å². The number of halogens is 1. The van der Waals surface area contributed by atoms with Crippen molar-refractivity contribution in [1.82, 2.24) is 19.7 Å². The van der Waals surface area contributed by atoms with E-state index in [4.69, 9.17) is 11.6 Å². The molecule has 1 aromatic carbocycles. The Balaban J connectivity index is 1.51. The Bertz CT molecular complexity index is 1170. The molecule has 8 nitrogen and oxygen atoms in total. The Kier molecular flexibility index (Phi) is 5.87. The second-order valence-corrected chi connectivity index (χ2v) is 8.09. The molecule has 0 saturated carbocycles. The number of nitriles is 1. The molecule has 1 aliphatic rings. The lowest BCUT2D eigenvalue weighted by Crippen LogP contribution is -2.41. The normalized spacial score (nSPS) is 16.1. The van der Waals surface area contributed by atoms with Crippen LogP contribution in [0.2, 0.25) is 5.02 Å². The largest absolute Gasteiger partial charge is 0.356 e. The molecule has 1 fully saturated rings. The van der Waals surface area contributed by atoms with Crippen LogP contribution in [0.5, 0.6) is 0 Å². The van der Waals surface area contributed by atoms with Crippen molar-refractivity contribution in [2.45, 2.75) is 26.7 Å². The summed E-state index contributed by atoms with van der Waals surface area (Å²) >= 11 is 6.03. The Hall–Kier alpha value is -3.44. The van der Waals surface area contributed by atoms with Crippen molar-refractivity contribution in [2.75, 3.05) is 23.3 Å². The quantitative estimate of drug-likeness (QED) is 0.671. The first-order chi connectivity index (χ1) is 14.9. The highest BCUT2D eigenvalue weighted by atomic mass is 35.5. The van der Waals surface area contributed by atoms with Gasteiger partial charge in [0.2, 0.25) is 5.91 Å². The van der Waals surface area contributed by atoms with Crippen LogP contribution in [0.1, 0.15) is 29.8 Å². The molecule has 1 atom stereocenters. The molecule has 1 amide bonds. The average Bonchev–Trinajstić information content (AvgIpc) is 3.12. The third-order valence-corrected chi connectivity index (χ3v) is 5.58. The van der Waals surface area contributed by atoms with E-state index in [0.29, 0.717) is 28.6 Å². The summed E-state index contributed by atoms with van der Waals surface area (Å²) in [5, 5.41) is 17.1. The van der Waals surface area contributed by atoms with Crippen LogP contribution in [-0.4, -0.2) is 38.7 Å². The minimum absolute atomic E-state index is 0.128. The van der Waals surface area contributed by atoms with E-state index < -0.39 is 0 Å². The van der Waals surface area contributed by atoms with E-state index in [9.17, 15) is 10.1 Å². The molecule has 4 rings (SSSR count). The number of benzene rings is 1. The summed E-state index contributed by atoms with van der Waals surface area (Å²) in [5.41, 5.74) is 2.74. The fraction of sp³-hybridized carbons (Fsp3) is 0.318. The lowest BCUT2D eigenvalue weighted by Gasteiger charge is -2.33. The third-order valence-electron chi connectivity index (χ3n) is 5.34. The summed E-state index contributed by atoms with van der Waals surface area (Å²) in [7, 11) is 0. The molecule has 158 valence electrons. The van der Waals surface area contributed by atoms with E-state index in [1.54, 1.807) is 22.9 Å². The molecular weight excluding hydrogens is 414 g/mol. The van der Waals surface area contributed by atoms with E-state index in [1.807, 2.05) is 26.0 Å². The van der Waals surface area contributed by atoms with Crippen LogP contribution in [0.3, 0.4) is 0 Å². The Morgan fingerprint density at radius 1 is 1.23 bits per heavy atom. The number of nitrogens with one attached hydrogen (secondary N) is 1. The highest BCUT2D eigenvalue weighted by Crippen LogP contribution is 2.26. The van der Waals surface area contributed by atoms with Crippen LogP contribution in [0, 0.1) is 31.1 Å². The van der Waals surface area contributed by atoms with Crippen molar-refractivity contribution in [1.29, 1.82) is 5.26 Å². The average molecular weight is 436 g/mol. The maximum atomic E-state index is 12.9. The van der Waals surface area contributed by atoms with Crippen LogP contribution >= 0.6 is 11.6 Å². The Labute approximate surface area is 185 Å². The third kappa shape index (κ3) is 4.52. The van der Waals surface area contributed by atoms with Gasteiger partial charge in [-0.2, -0.15) is 10.4 Å². The van der Waals surface area contributed by atoms with Crippen LogP contribution in [0.4, 0.5) is 11.5 Å². The van der Waals surface area contributed by atoms with Gasteiger partial charge in [0.05, 0.1) is 22.9 Å². The predicted octanol–water partition coefficient (Wildman–Crippen LogP) is 3.66. The summed E-state index contributed by atoms with van der Waals surface area (Å²) in [6.45, 7) is 5.26. The van der Waals surface area contributed by atoms with Gasteiger partial charge in [0.15, 0.2) is 5.82 Å². The number of aromatic nitrogens is 4. The maximum Gasteiger partial charge on any atom is 0.229 e. The topological polar surface area (TPSA) is 99.7 Å². The summed E-state index contributed by atoms with van der Waals surface area (Å²) in [5.74, 6) is 1.10. The second-order valence-electron chi connectivity index (χ2n) is 7.65. The molecule has 3 heterocycles. The SMILES string of the molecule is Cc1cc(C)n(-c2cc(N3CCCC(C(=O)Nc4cc(Cl)ccc4C#N)C3)ncn2)n1. The van der Waals surface area contributed by atoms with Crippen molar-refractivity contribution in [3.05, 3.63) is 58.6 Å². The smallest absolute Gasteiger partial charge is 0.229 e. The number of piperidine rings is 1. The van der Waals surface area contributed by atoms with E-state index >= 15 is 0 Å². The lowest BCUT2D eigenvalue weighted by atomic mass is 9.97. The Morgan fingerprint density at radius 3 is 2.77 bits per heavy atom. The highest BCUT2D eigenvalue weighted by Gasteiger charge is 2.27. The number of hydrogen-bond donors (Lipinski definition) is 1. The first kappa shape index (κ1) is 20.8. The monoisotopic (exact) mass is 435 g/mol. The molecule has 0 spiro atoms. The number of nitrogens with zero attached hydrogens (tertiary/aromatic N) is 6. The van der Waals surface area contributed by atoms with Crippen molar-refractivity contribution < 1.29 is 4.79 Å². The van der Waals surface area contributed by atoms with Gasteiger partial charge >= 0.3 is 0 Å². The Morgan fingerprint density at radius 2 is 2.03 bits per heavy atom. The molecular formula is C22H22ClN7O. The van der Waals surface area contributed by atoms with Gasteiger partial charge < -0.3 is 10.2 Å². The number of rotatable bonds is 4. The summed E-state index contributed by atoms with van der Waals surface area (Å²) in [6.07, 6.45) is 3.15. The minimum atomic E-state index is -0.230. The number of anilines is 2. The molecule has 1 N–H and O–H groups in total. The highest BCUT2D eigenvalue weighted by molar-refractivity contribution is 6.31. The second kappa shape index (κ2) is 8.74.